The van der Waals surface area contributed by atoms with Crippen LogP contribution in [-0.4, -0.2) is 13.2 Å². The van der Waals surface area contributed by atoms with Crippen molar-refractivity contribution in [2.75, 3.05) is 13.2 Å². The van der Waals surface area contributed by atoms with E-state index in [1.165, 1.54) is 5.57 Å². The van der Waals surface area contributed by atoms with Crippen molar-refractivity contribution in [3.8, 4) is 0 Å². The van der Waals surface area contributed by atoms with E-state index in [9.17, 15) is 0 Å². The largest absolute Gasteiger partial charge is 0.378 e. The molecule has 0 aromatic heterocycles. The first-order valence-corrected chi connectivity index (χ1v) is 4.10. The average Bonchev–Trinajstić information content (AvgIpc) is 1.99. The normalized spacial score (nSPS) is 9.50. The minimum Gasteiger partial charge on any atom is -0.378 e. The lowest BCUT2D eigenvalue weighted by Gasteiger charge is -1.99. The zero-order valence-corrected chi connectivity index (χ0v) is 7.31. The molecule has 0 rings (SSSR count). The zero-order chi connectivity index (χ0) is 7.82. The third-order valence-corrected chi connectivity index (χ3v) is 1.60. The molecule has 10 heavy (non-hydrogen) atoms. The summed E-state index contributed by atoms with van der Waals surface area (Å²) < 4.78 is 5.19. The molecule has 0 saturated heterocycles. The van der Waals surface area contributed by atoms with Gasteiger partial charge in [0.25, 0.3) is 0 Å². The molecule has 0 aliphatic rings. The maximum Gasteiger partial charge on any atom is 0.0649 e. The lowest BCUT2D eigenvalue weighted by atomic mass is 10.1. The van der Waals surface area contributed by atoms with Gasteiger partial charge in [0.2, 0.25) is 0 Å². The Hall–Kier alpha value is -0.300. The molecule has 0 saturated carbocycles. The number of ether oxygens (including phenoxy) is 1. The first-order chi connectivity index (χ1) is 4.85. The van der Waals surface area contributed by atoms with Gasteiger partial charge in [-0.25, -0.2) is 0 Å². The maximum atomic E-state index is 5.19. The van der Waals surface area contributed by atoms with Crippen LogP contribution in [0.15, 0.2) is 11.6 Å². The minimum atomic E-state index is 0.785. The van der Waals surface area contributed by atoms with Gasteiger partial charge in [-0.05, 0) is 19.8 Å². The molecule has 0 unspecified atom stereocenters. The Labute approximate surface area is 64.1 Å². The second-order valence-corrected chi connectivity index (χ2v) is 2.23. The van der Waals surface area contributed by atoms with E-state index in [4.69, 9.17) is 4.74 Å². The van der Waals surface area contributed by atoms with E-state index in [2.05, 4.69) is 19.9 Å². The van der Waals surface area contributed by atoms with Crippen LogP contribution >= 0.6 is 0 Å². The summed E-state index contributed by atoms with van der Waals surface area (Å²) in [5.41, 5.74) is 1.49. The number of hydrogen-bond donors (Lipinski definition) is 0. The first-order valence-electron chi connectivity index (χ1n) is 4.10. The summed E-state index contributed by atoms with van der Waals surface area (Å²) in [5, 5.41) is 0. The predicted octanol–water partition coefficient (Wildman–Crippen LogP) is 2.77. The fourth-order valence-electron chi connectivity index (χ4n) is 0.833. The minimum absolute atomic E-state index is 0.785. The number of hydrogen-bond acceptors (Lipinski definition) is 1. The van der Waals surface area contributed by atoms with Crippen LogP contribution in [0.3, 0.4) is 0 Å². The molecule has 0 amide bonds. The SMILES string of the molecule is CCOCC=C(CC)CC. The van der Waals surface area contributed by atoms with Crippen LogP contribution in [0.25, 0.3) is 0 Å². The molecule has 0 atom stereocenters. The van der Waals surface area contributed by atoms with Gasteiger partial charge in [-0.2, -0.15) is 0 Å². The lowest BCUT2D eigenvalue weighted by Crippen LogP contribution is -1.90. The maximum absolute atomic E-state index is 5.19. The van der Waals surface area contributed by atoms with Crippen LogP contribution in [0, 0.1) is 0 Å². The molecule has 0 radical (unpaired) electrons. The molecule has 0 aromatic carbocycles. The smallest absolute Gasteiger partial charge is 0.0649 e. The van der Waals surface area contributed by atoms with Gasteiger partial charge < -0.3 is 4.74 Å². The Morgan fingerprint density at radius 3 is 2.20 bits per heavy atom. The fourth-order valence-corrected chi connectivity index (χ4v) is 0.833. The molecular weight excluding hydrogens is 124 g/mol. The van der Waals surface area contributed by atoms with Crippen molar-refractivity contribution in [2.45, 2.75) is 33.6 Å². The van der Waals surface area contributed by atoms with E-state index in [0.29, 0.717) is 0 Å². The van der Waals surface area contributed by atoms with Crippen molar-refractivity contribution < 1.29 is 4.74 Å². The van der Waals surface area contributed by atoms with E-state index in [0.717, 1.165) is 26.1 Å². The molecule has 60 valence electrons. The standard InChI is InChI=1S/C9H18O/c1-4-9(5-2)7-8-10-6-3/h7H,4-6,8H2,1-3H3. The highest BCUT2D eigenvalue weighted by Gasteiger charge is 1.87. The van der Waals surface area contributed by atoms with Gasteiger partial charge in [-0.1, -0.05) is 25.5 Å². The zero-order valence-electron chi connectivity index (χ0n) is 7.31. The van der Waals surface area contributed by atoms with Gasteiger partial charge >= 0.3 is 0 Å². The Kier molecular flexibility index (Phi) is 6.61. The van der Waals surface area contributed by atoms with Crippen molar-refractivity contribution in [2.24, 2.45) is 0 Å². The van der Waals surface area contributed by atoms with E-state index in [-0.39, 0.29) is 0 Å². The summed E-state index contributed by atoms with van der Waals surface area (Å²) in [7, 11) is 0. The predicted molar refractivity (Wildman–Crippen MR) is 45.2 cm³/mol. The molecular formula is C9H18O. The molecule has 0 heterocycles. The summed E-state index contributed by atoms with van der Waals surface area (Å²) in [5.74, 6) is 0. The first kappa shape index (κ1) is 9.70. The van der Waals surface area contributed by atoms with Gasteiger partial charge in [0.15, 0.2) is 0 Å². The van der Waals surface area contributed by atoms with Gasteiger partial charge in [0.05, 0.1) is 6.61 Å². The Bertz CT molecular complexity index is 88.9. The van der Waals surface area contributed by atoms with E-state index in [1.807, 2.05) is 6.92 Å². The van der Waals surface area contributed by atoms with Crippen molar-refractivity contribution in [3.63, 3.8) is 0 Å². The highest BCUT2D eigenvalue weighted by atomic mass is 16.5. The van der Waals surface area contributed by atoms with E-state index >= 15 is 0 Å². The summed E-state index contributed by atoms with van der Waals surface area (Å²) in [6.45, 7) is 7.98. The molecule has 1 nitrogen and oxygen atoms in total. The summed E-state index contributed by atoms with van der Waals surface area (Å²) >= 11 is 0. The Morgan fingerprint density at radius 2 is 1.80 bits per heavy atom. The molecule has 1 heteroatoms. The monoisotopic (exact) mass is 142 g/mol. The summed E-state index contributed by atoms with van der Waals surface area (Å²) in [4.78, 5) is 0. The van der Waals surface area contributed by atoms with Gasteiger partial charge in [0.1, 0.15) is 0 Å². The summed E-state index contributed by atoms with van der Waals surface area (Å²) in [6.07, 6.45) is 4.50. The second-order valence-electron chi connectivity index (χ2n) is 2.23. The number of rotatable bonds is 5. The van der Waals surface area contributed by atoms with Crippen molar-refractivity contribution >= 4 is 0 Å². The topological polar surface area (TPSA) is 9.23 Å². The van der Waals surface area contributed by atoms with Gasteiger partial charge in [-0.3, -0.25) is 0 Å². The van der Waals surface area contributed by atoms with Gasteiger partial charge in [0, 0.05) is 6.61 Å². The lowest BCUT2D eigenvalue weighted by molar-refractivity contribution is 0.177. The van der Waals surface area contributed by atoms with E-state index in [1.54, 1.807) is 0 Å². The third-order valence-electron chi connectivity index (χ3n) is 1.60. The third kappa shape index (κ3) is 4.57. The van der Waals surface area contributed by atoms with Crippen LogP contribution in [0.5, 0.6) is 0 Å². The molecule has 0 bridgehead atoms. The Balaban J connectivity index is 3.43. The number of allylic oxidation sites excluding steroid dienone is 1. The van der Waals surface area contributed by atoms with Crippen LogP contribution in [-0.2, 0) is 4.74 Å². The average molecular weight is 142 g/mol. The van der Waals surface area contributed by atoms with Gasteiger partial charge in [-0.15, -0.1) is 0 Å². The second kappa shape index (κ2) is 6.81. The highest BCUT2D eigenvalue weighted by molar-refractivity contribution is 4.99. The van der Waals surface area contributed by atoms with Crippen LogP contribution in [0.4, 0.5) is 0 Å². The molecule has 0 aliphatic carbocycles. The van der Waals surface area contributed by atoms with Crippen LogP contribution < -0.4 is 0 Å². The molecule has 0 fully saturated rings. The molecule has 0 aromatic rings. The molecule has 0 spiro atoms. The quantitative estimate of drug-likeness (QED) is 0.423. The molecule has 0 aliphatic heterocycles. The Morgan fingerprint density at radius 1 is 1.20 bits per heavy atom. The molecule has 0 N–H and O–H groups in total. The fraction of sp³-hybridized carbons (Fsp3) is 0.778. The van der Waals surface area contributed by atoms with E-state index < -0.39 is 0 Å². The van der Waals surface area contributed by atoms with Crippen LogP contribution in [0.2, 0.25) is 0 Å². The van der Waals surface area contributed by atoms with Crippen molar-refractivity contribution in [1.82, 2.24) is 0 Å². The van der Waals surface area contributed by atoms with Crippen molar-refractivity contribution in [1.29, 1.82) is 0 Å². The highest BCUT2D eigenvalue weighted by Crippen LogP contribution is 2.04. The van der Waals surface area contributed by atoms with Crippen LogP contribution in [0.1, 0.15) is 33.6 Å². The van der Waals surface area contributed by atoms with Crippen molar-refractivity contribution in [3.05, 3.63) is 11.6 Å². The summed E-state index contributed by atoms with van der Waals surface area (Å²) in [6, 6.07) is 0.